The van der Waals surface area contributed by atoms with E-state index in [-0.39, 0.29) is 11.7 Å². The average Bonchev–Trinajstić information content (AvgIpc) is 3.00. The highest BCUT2D eigenvalue weighted by Crippen LogP contribution is 2.42. The van der Waals surface area contributed by atoms with E-state index in [1.807, 2.05) is 30.3 Å². The van der Waals surface area contributed by atoms with Gasteiger partial charge in [-0.1, -0.05) is 67.2 Å². The van der Waals surface area contributed by atoms with Crippen LogP contribution < -0.4 is 5.32 Å². The molecular formula is C28H23FN2OS. The lowest BCUT2D eigenvalue weighted by atomic mass is 9.87. The first-order valence-electron chi connectivity index (χ1n) is 11.0. The molecule has 0 bridgehead atoms. The van der Waals surface area contributed by atoms with Gasteiger partial charge in [-0.25, -0.2) is 9.38 Å². The highest BCUT2D eigenvalue weighted by molar-refractivity contribution is 7.99. The maximum atomic E-state index is 13.1. The van der Waals surface area contributed by atoms with Crippen LogP contribution in [0.3, 0.4) is 0 Å². The van der Waals surface area contributed by atoms with Gasteiger partial charge in [-0.15, -0.1) is 0 Å². The van der Waals surface area contributed by atoms with Gasteiger partial charge >= 0.3 is 0 Å². The van der Waals surface area contributed by atoms with Crippen molar-refractivity contribution in [3.05, 3.63) is 113 Å². The molecule has 33 heavy (non-hydrogen) atoms. The minimum atomic E-state index is -0.291. The Morgan fingerprint density at radius 2 is 1.91 bits per heavy atom. The quantitative estimate of drug-likeness (QED) is 0.468. The maximum absolute atomic E-state index is 13.1. The number of benzene rings is 3. The molecule has 0 spiro atoms. The number of rotatable bonds is 4. The van der Waals surface area contributed by atoms with Crippen LogP contribution in [0.1, 0.15) is 34.8 Å². The monoisotopic (exact) mass is 454 g/mol. The number of amides is 1. The van der Waals surface area contributed by atoms with Crippen LogP contribution in [-0.2, 0) is 6.54 Å². The number of nitrogens with zero attached hydrogens (tertiary/aromatic N) is 1. The summed E-state index contributed by atoms with van der Waals surface area (Å²) < 4.78 is 13.1. The molecule has 0 radical (unpaired) electrons. The Balaban J connectivity index is 1.48. The van der Waals surface area contributed by atoms with E-state index in [0.717, 1.165) is 38.7 Å². The van der Waals surface area contributed by atoms with Gasteiger partial charge in [0.05, 0.1) is 11.4 Å². The normalized spacial score (nSPS) is 16.7. The Morgan fingerprint density at radius 3 is 2.73 bits per heavy atom. The number of hydrogen-bond donors (Lipinski definition) is 1. The maximum Gasteiger partial charge on any atom is 0.251 e. The van der Waals surface area contributed by atoms with Gasteiger partial charge in [-0.3, -0.25) is 4.79 Å². The van der Waals surface area contributed by atoms with Crippen LogP contribution in [0.25, 0.3) is 0 Å². The first-order chi connectivity index (χ1) is 16.1. The number of allylic oxidation sites excluding steroid dienone is 4. The van der Waals surface area contributed by atoms with Crippen molar-refractivity contribution in [1.82, 2.24) is 5.32 Å². The molecule has 1 N–H and O–H groups in total. The molecule has 1 aliphatic heterocycles. The molecular weight excluding hydrogens is 431 g/mol. The first-order valence-corrected chi connectivity index (χ1v) is 11.8. The molecule has 5 heteroatoms. The predicted molar refractivity (Wildman–Crippen MR) is 132 cm³/mol. The Hall–Kier alpha value is -3.44. The Kier molecular flexibility index (Phi) is 5.97. The number of fused-ring (bicyclic) bond motifs is 2. The fourth-order valence-electron chi connectivity index (χ4n) is 4.05. The van der Waals surface area contributed by atoms with Crippen LogP contribution in [0.4, 0.5) is 10.1 Å². The summed E-state index contributed by atoms with van der Waals surface area (Å²) >= 11 is 1.68. The molecule has 3 aromatic carbocycles. The SMILES string of the molecule is CC1CC=CC=C1C1=Nc2cc(C(=O)NCc3ccc(F)cc3)ccc2Sc2ccccc21. The zero-order valence-corrected chi connectivity index (χ0v) is 19.0. The summed E-state index contributed by atoms with van der Waals surface area (Å²) in [4.78, 5) is 20.1. The zero-order valence-electron chi connectivity index (χ0n) is 18.2. The van der Waals surface area contributed by atoms with Crippen LogP contribution >= 0.6 is 11.8 Å². The predicted octanol–water partition coefficient (Wildman–Crippen LogP) is 6.86. The molecule has 164 valence electrons. The van der Waals surface area contributed by atoms with Gasteiger partial charge in [0, 0.05) is 27.5 Å². The van der Waals surface area contributed by atoms with E-state index in [2.05, 4.69) is 42.6 Å². The molecule has 1 atom stereocenters. The van der Waals surface area contributed by atoms with Crippen molar-refractivity contribution in [2.24, 2.45) is 10.9 Å². The smallest absolute Gasteiger partial charge is 0.251 e. The lowest BCUT2D eigenvalue weighted by Gasteiger charge is -2.20. The third kappa shape index (κ3) is 4.55. The minimum Gasteiger partial charge on any atom is -0.348 e. The zero-order chi connectivity index (χ0) is 22.8. The number of carbonyl (C=O) groups is 1. The molecule has 3 nitrogen and oxygen atoms in total. The van der Waals surface area contributed by atoms with Crippen LogP contribution in [0.5, 0.6) is 0 Å². The number of aliphatic imine (C=N–C) groups is 1. The second kappa shape index (κ2) is 9.20. The fourth-order valence-corrected chi connectivity index (χ4v) is 5.05. The van der Waals surface area contributed by atoms with Gasteiger partial charge in [-0.2, -0.15) is 0 Å². The summed E-state index contributed by atoms with van der Waals surface area (Å²) in [6, 6.07) is 20.1. The second-order valence-corrected chi connectivity index (χ2v) is 9.32. The summed E-state index contributed by atoms with van der Waals surface area (Å²) in [6.45, 7) is 2.56. The molecule has 2 aliphatic rings. The lowest BCUT2D eigenvalue weighted by molar-refractivity contribution is 0.0951. The van der Waals surface area contributed by atoms with E-state index in [1.54, 1.807) is 23.9 Å². The van der Waals surface area contributed by atoms with Crippen molar-refractivity contribution < 1.29 is 9.18 Å². The molecule has 5 rings (SSSR count). The van der Waals surface area contributed by atoms with E-state index < -0.39 is 0 Å². The van der Waals surface area contributed by atoms with Crippen molar-refractivity contribution in [3.63, 3.8) is 0 Å². The van der Waals surface area contributed by atoms with E-state index in [9.17, 15) is 9.18 Å². The van der Waals surface area contributed by atoms with Gasteiger partial charge < -0.3 is 5.32 Å². The Labute approximate surface area is 197 Å². The van der Waals surface area contributed by atoms with E-state index in [1.165, 1.54) is 17.7 Å². The van der Waals surface area contributed by atoms with Gasteiger partial charge in [-0.05, 0) is 59.9 Å². The minimum absolute atomic E-state index is 0.182. The highest BCUT2D eigenvalue weighted by Gasteiger charge is 2.24. The molecule has 0 fully saturated rings. The molecule has 0 saturated heterocycles. The van der Waals surface area contributed by atoms with Gasteiger partial charge in [0.1, 0.15) is 5.82 Å². The molecule has 1 heterocycles. The molecule has 1 aliphatic carbocycles. The molecule has 0 aromatic heterocycles. The molecule has 0 saturated carbocycles. The highest BCUT2D eigenvalue weighted by atomic mass is 32.2. The lowest BCUT2D eigenvalue weighted by Crippen LogP contribution is -2.22. The van der Waals surface area contributed by atoms with Gasteiger partial charge in [0.25, 0.3) is 5.91 Å². The topological polar surface area (TPSA) is 41.5 Å². The molecule has 1 amide bonds. The number of nitrogens with one attached hydrogen (secondary N) is 1. The molecule has 3 aromatic rings. The average molecular weight is 455 g/mol. The van der Waals surface area contributed by atoms with Crippen molar-refractivity contribution in [3.8, 4) is 0 Å². The second-order valence-electron chi connectivity index (χ2n) is 8.24. The van der Waals surface area contributed by atoms with Crippen LogP contribution in [0.2, 0.25) is 0 Å². The Bertz CT molecular complexity index is 1310. The number of hydrogen-bond acceptors (Lipinski definition) is 3. The van der Waals surface area contributed by atoms with E-state index in [0.29, 0.717) is 18.0 Å². The number of carbonyl (C=O) groups excluding carboxylic acids is 1. The molecule has 1 unspecified atom stereocenters. The first kappa shape index (κ1) is 21.4. The largest absolute Gasteiger partial charge is 0.348 e. The van der Waals surface area contributed by atoms with Gasteiger partial charge in [0.2, 0.25) is 0 Å². The van der Waals surface area contributed by atoms with E-state index in [4.69, 9.17) is 4.99 Å². The Morgan fingerprint density at radius 1 is 1.09 bits per heavy atom. The number of halogens is 1. The summed E-state index contributed by atoms with van der Waals surface area (Å²) in [5.41, 5.74) is 5.49. The van der Waals surface area contributed by atoms with Crippen LogP contribution in [0, 0.1) is 11.7 Å². The van der Waals surface area contributed by atoms with Crippen molar-refractivity contribution in [1.29, 1.82) is 0 Å². The summed E-state index contributed by atoms with van der Waals surface area (Å²) in [6.07, 6.45) is 7.42. The van der Waals surface area contributed by atoms with Crippen molar-refractivity contribution in [2.45, 2.75) is 29.7 Å². The van der Waals surface area contributed by atoms with Crippen molar-refractivity contribution >= 4 is 29.1 Å². The third-order valence-electron chi connectivity index (χ3n) is 5.89. The summed E-state index contributed by atoms with van der Waals surface area (Å²) in [5, 5.41) is 2.92. The third-order valence-corrected chi connectivity index (χ3v) is 7.03. The van der Waals surface area contributed by atoms with Gasteiger partial charge in [0.15, 0.2) is 0 Å². The fraction of sp³-hybridized carbons (Fsp3) is 0.143. The van der Waals surface area contributed by atoms with Crippen LogP contribution in [-0.4, -0.2) is 11.6 Å². The van der Waals surface area contributed by atoms with E-state index >= 15 is 0 Å². The summed E-state index contributed by atoms with van der Waals surface area (Å²) in [5.74, 6) is -0.102. The summed E-state index contributed by atoms with van der Waals surface area (Å²) in [7, 11) is 0. The van der Waals surface area contributed by atoms with Crippen molar-refractivity contribution in [2.75, 3.05) is 0 Å². The van der Waals surface area contributed by atoms with Crippen LogP contribution in [0.15, 0.2) is 105 Å². The standard InChI is InChI=1S/C28H23FN2OS/c1-18-6-2-3-7-22(18)27-23-8-4-5-9-25(23)33-26-15-12-20(16-24(26)31-27)28(32)30-17-19-10-13-21(29)14-11-19/h2-5,7-16,18H,6,17H2,1H3,(H,30,32).